The molecule has 0 bridgehead atoms. The Morgan fingerprint density at radius 1 is 1.17 bits per heavy atom. The molecule has 162 valence electrons. The molecule has 1 aliphatic rings. The maximum atomic E-state index is 14.8. The number of hydrogen-bond donors (Lipinski definition) is 1. The molecule has 5 nitrogen and oxygen atoms in total. The number of sulfone groups is 1. The highest BCUT2D eigenvalue weighted by molar-refractivity contribution is 7.92. The average Bonchev–Trinajstić information content (AvgIpc) is 2.71. The molecule has 0 spiro atoms. The Morgan fingerprint density at radius 2 is 1.80 bits per heavy atom. The van der Waals surface area contributed by atoms with Gasteiger partial charge in [-0.2, -0.15) is 0 Å². The van der Waals surface area contributed by atoms with Crippen molar-refractivity contribution in [1.82, 2.24) is 5.48 Å². The van der Waals surface area contributed by atoms with Crippen LogP contribution in [0.1, 0.15) is 37.7 Å². The summed E-state index contributed by atoms with van der Waals surface area (Å²) in [5.74, 6) is -1.89. The number of hydrogen-bond acceptors (Lipinski definition) is 4. The van der Waals surface area contributed by atoms with Crippen LogP contribution in [0, 0.1) is 17.6 Å². The van der Waals surface area contributed by atoms with Crippen molar-refractivity contribution in [1.29, 1.82) is 0 Å². The Balaban J connectivity index is 2.02. The predicted molar refractivity (Wildman–Crippen MR) is 108 cm³/mol. The van der Waals surface area contributed by atoms with Gasteiger partial charge in [0.2, 0.25) is 5.91 Å². The number of amides is 1. The molecule has 0 aromatic heterocycles. The zero-order chi connectivity index (χ0) is 21.9. The van der Waals surface area contributed by atoms with Crippen LogP contribution >= 0.6 is 11.6 Å². The van der Waals surface area contributed by atoms with Gasteiger partial charge in [-0.15, -0.1) is 0 Å². The molecule has 0 aliphatic heterocycles. The summed E-state index contributed by atoms with van der Waals surface area (Å²) in [4.78, 5) is 16.4. The van der Waals surface area contributed by atoms with Crippen LogP contribution in [-0.4, -0.2) is 21.4 Å². The van der Waals surface area contributed by atoms with Gasteiger partial charge in [0.05, 0.1) is 12.0 Å². The number of benzene rings is 2. The van der Waals surface area contributed by atoms with Gasteiger partial charge in [-0.1, -0.05) is 11.6 Å². The zero-order valence-electron chi connectivity index (χ0n) is 16.3. The molecule has 1 amide bonds. The number of rotatable bonds is 6. The molecule has 3 rings (SSSR count). The van der Waals surface area contributed by atoms with Crippen molar-refractivity contribution in [2.45, 2.75) is 41.7 Å². The van der Waals surface area contributed by atoms with Crippen LogP contribution < -0.4 is 5.48 Å². The number of nitrogens with one attached hydrogen (secondary N) is 1. The fraction of sp³-hybridized carbons (Fsp3) is 0.381. The van der Waals surface area contributed by atoms with Crippen LogP contribution in [0.4, 0.5) is 8.78 Å². The molecule has 0 heterocycles. The van der Waals surface area contributed by atoms with E-state index in [1.54, 1.807) is 0 Å². The van der Waals surface area contributed by atoms with E-state index >= 15 is 0 Å². The topological polar surface area (TPSA) is 72.5 Å². The van der Waals surface area contributed by atoms with Crippen molar-refractivity contribution >= 4 is 27.3 Å². The molecule has 2 aromatic rings. The SMILES string of the molecule is CONC(=O)CC1CCC(c2cc(F)ccc2F)(S(=O)(=O)c2ccc(Cl)cc2)CC1. The first-order valence-corrected chi connectivity index (χ1v) is 11.3. The molecule has 9 heteroatoms. The standard InChI is InChI=1S/C21H22ClF2NO4S/c1-29-25-20(26)12-14-8-10-21(11-9-14,18-13-16(23)4-7-19(18)24)30(27,28)17-5-2-15(22)3-6-17/h2-7,13-14H,8-12H2,1H3,(H,25,26). The lowest BCUT2D eigenvalue weighted by Gasteiger charge is -2.40. The van der Waals surface area contributed by atoms with Crippen molar-refractivity contribution in [3.05, 3.63) is 64.7 Å². The van der Waals surface area contributed by atoms with Crippen LogP contribution in [0.5, 0.6) is 0 Å². The van der Waals surface area contributed by atoms with Crippen molar-refractivity contribution in [3.8, 4) is 0 Å². The van der Waals surface area contributed by atoms with E-state index in [9.17, 15) is 22.0 Å². The minimum atomic E-state index is -4.09. The summed E-state index contributed by atoms with van der Waals surface area (Å²) in [6, 6.07) is 8.50. The molecule has 2 aromatic carbocycles. The van der Waals surface area contributed by atoms with E-state index in [1.165, 1.54) is 31.4 Å². The first kappa shape index (κ1) is 22.7. The molecule has 30 heavy (non-hydrogen) atoms. The van der Waals surface area contributed by atoms with Crippen LogP contribution in [0.2, 0.25) is 5.02 Å². The average molecular weight is 458 g/mol. The van der Waals surface area contributed by atoms with Gasteiger partial charge < -0.3 is 0 Å². The molecule has 1 N–H and O–H groups in total. The van der Waals surface area contributed by atoms with Crippen LogP contribution in [0.25, 0.3) is 0 Å². The van der Waals surface area contributed by atoms with Gasteiger partial charge in [0, 0.05) is 17.0 Å². The Labute approximate surface area is 179 Å². The largest absolute Gasteiger partial charge is 0.277 e. The lowest BCUT2D eigenvalue weighted by atomic mass is 9.76. The van der Waals surface area contributed by atoms with Crippen molar-refractivity contribution in [3.63, 3.8) is 0 Å². The van der Waals surface area contributed by atoms with Gasteiger partial charge in [-0.05, 0) is 74.1 Å². The lowest BCUT2D eigenvalue weighted by molar-refractivity contribution is -0.132. The van der Waals surface area contributed by atoms with Crippen LogP contribution in [0.3, 0.4) is 0 Å². The number of carbonyl (C=O) groups is 1. The first-order valence-electron chi connectivity index (χ1n) is 9.47. The highest BCUT2D eigenvalue weighted by Crippen LogP contribution is 2.49. The van der Waals surface area contributed by atoms with Gasteiger partial charge in [0.15, 0.2) is 9.84 Å². The van der Waals surface area contributed by atoms with Crippen molar-refractivity contribution in [2.24, 2.45) is 5.92 Å². The second kappa shape index (κ2) is 8.99. The molecule has 0 saturated heterocycles. The highest BCUT2D eigenvalue weighted by atomic mass is 35.5. The molecular formula is C21H22ClF2NO4S. The second-order valence-electron chi connectivity index (χ2n) is 7.45. The number of hydroxylamine groups is 1. The van der Waals surface area contributed by atoms with E-state index in [0.29, 0.717) is 17.9 Å². The summed E-state index contributed by atoms with van der Waals surface area (Å²) in [6.07, 6.45) is 1.00. The summed E-state index contributed by atoms with van der Waals surface area (Å²) in [5, 5.41) is 0.368. The monoisotopic (exact) mass is 457 g/mol. The Hall–Kier alpha value is -2.03. The third-order valence-electron chi connectivity index (χ3n) is 5.66. The Bertz CT molecular complexity index is 1020. The normalized spacial score (nSPS) is 21.9. The molecule has 1 fully saturated rings. The highest BCUT2D eigenvalue weighted by Gasteiger charge is 2.50. The number of halogens is 3. The molecule has 1 saturated carbocycles. The smallest absolute Gasteiger partial charge is 0.243 e. The maximum absolute atomic E-state index is 14.8. The predicted octanol–water partition coefficient (Wildman–Crippen LogP) is 4.55. The second-order valence-corrected chi connectivity index (χ2v) is 10.1. The minimum absolute atomic E-state index is 0.00821. The van der Waals surface area contributed by atoms with E-state index < -0.39 is 26.2 Å². The molecule has 1 aliphatic carbocycles. The summed E-state index contributed by atoms with van der Waals surface area (Å²) in [6.45, 7) is 0. The summed E-state index contributed by atoms with van der Waals surface area (Å²) < 4.78 is 54.5. The van der Waals surface area contributed by atoms with Gasteiger partial charge in [0.1, 0.15) is 16.4 Å². The third kappa shape index (κ3) is 4.36. The summed E-state index contributed by atoms with van der Waals surface area (Å²) >= 11 is 5.89. The van der Waals surface area contributed by atoms with E-state index in [0.717, 1.165) is 18.2 Å². The van der Waals surface area contributed by atoms with Gasteiger partial charge >= 0.3 is 0 Å². The van der Waals surface area contributed by atoms with Crippen LogP contribution in [-0.2, 0) is 24.2 Å². The van der Waals surface area contributed by atoms with E-state index in [4.69, 9.17) is 11.6 Å². The van der Waals surface area contributed by atoms with Crippen molar-refractivity contribution < 1.29 is 26.8 Å². The zero-order valence-corrected chi connectivity index (χ0v) is 17.9. The van der Waals surface area contributed by atoms with E-state index in [2.05, 4.69) is 10.3 Å². The number of carbonyl (C=O) groups excluding carboxylic acids is 1. The Morgan fingerprint density at radius 3 is 2.40 bits per heavy atom. The van der Waals surface area contributed by atoms with Crippen molar-refractivity contribution in [2.75, 3.05) is 7.11 Å². The molecule has 0 radical (unpaired) electrons. The van der Waals surface area contributed by atoms with Gasteiger partial charge in [-0.3, -0.25) is 9.63 Å². The third-order valence-corrected chi connectivity index (χ3v) is 8.46. The molecule has 0 atom stereocenters. The summed E-state index contributed by atoms with van der Waals surface area (Å²) in [7, 11) is -2.76. The van der Waals surface area contributed by atoms with Gasteiger partial charge in [-0.25, -0.2) is 22.7 Å². The fourth-order valence-electron chi connectivity index (χ4n) is 4.13. The quantitative estimate of drug-likeness (QED) is 0.646. The fourth-order valence-corrected chi connectivity index (χ4v) is 6.43. The van der Waals surface area contributed by atoms with Crippen LogP contribution in [0.15, 0.2) is 47.4 Å². The lowest BCUT2D eigenvalue weighted by Crippen LogP contribution is -2.41. The molecule has 0 unspecified atom stereocenters. The Kier molecular flexibility index (Phi) is 6.79. The maximum Gasteiger partial charge on any atom is 0.243 e. The molecular weight excluding hydrogens is 436 g/mol. The van der Waals surface area contributed by atoms with E-state index in [1.807, 2.05) is 0 Å². The van der Waals surface area contributed by atoms with Gasteiger partial charge in [0.25, 0.3) is 0 Å². The van der Waals surface area contributed by atoms with E-state index in [-0.39, 0.29) is 41.5 Å². The minimum Gasteiger partial charge on any atom is -0.277 e. The first-order chi connectivity index (χ1) is 14.2. The summed E-state index contributed by atoms with van der Waals surface area (Å²) in [5.41, 5.74) is 2.06.